The van der Waals surface area contributed by atoms with E-state index in [1.165, 1.54) is 18.4 Å². The molecule has 0 aliphatic rings. The van der Waals surface area contributed by atoms with Crippen molar-refractivity contribution in [3.8, 4) is 5.75 Å². The first-order valence-corrected chi connectivity index (χ1v) is 5.25. The van der Waals surface area contributed by atoms with Crippen molar-refractivity contribution in [2.24, 2.45) is 0 Å². The van der Waals surface area contributed by atoms with E-state index in [-0.39, 0.29) is 11.7 Å². The maximum Gasteiger partial charge on any atom is 0.339 e. The Balaban J connectivity index is 2.76. The number of hydrogen-bond acceptors (Lipinski definition) is 4. The van der Waals surface area contributed by atoms with Crippen molar-refractivity contribution in [1.29, 1.82) is 0 Å². The molecule has 0 unspecified atom stereocenters. The summed E-state index contributed by atoms with van der Waals surface area (Å²) in [6, 6.07) is 5.00. The number of carbonyl (C=O) groups is 1. The Bertz CT molecular complexity index is 528. The van der Waals surface area contributed by atoms with Crippen molar-refractivity contribution in [2.45, 2.75) is 6.92 Å². The van der Waals surface area contributed by atoms with Gasteiger partial charge in [-0.3, -0.25) is 0 Å². The molecule has 0 atom stereocenters. The Morgan fingerprint density at radius 3 is 2.87 bits per heavy atom. The topological polar surface area (TPSA) is 46.5 Å². The summed E-state index contributed by atoms with van der Waals surface area (Å²) in [5.41, 5.74) is 0.549. The lowest BCUT2D eigenvalue weighted by Crippen LogP contribution is -2.01. The van der Waals surface area contributed by atoms with Gasteiger partial charge >= 0.3 is 5.97 Å². The minimum absolute atomic E-state index is 0.158. The SMILES string of the molecule is COC(=O)c1c(C)sc2ccc(O)cc12. The number of phenolic OH excluding ortho intramolecular Hbond substituents is 1. The highest BCUT2D eigenvalue weighted by molar-refractivity contribution is 7.19. The number of rotatable bonds is 1. The van der Waals surface area contributed by atoms with Crippen LogP contribution in [-0.4, -0.2) is 18.2 Å². The molecule has 0 fully saturated rings. The molecule has 0 amide bonds. The lowest BCUT2D eigenvalue weighted by molar-refractivity contribution is 0.0603. The number of hydrogen-bond donors (Lipinski definition) is 1. The highest BCUT2D eigenvalue weighted by Crippen LogP contribution is 2.33. The molecule has 1 aromatic heterocycles. The Kier molecular flexibility index (Phi) is 2.36. The van der Waals surface area contributed by atoms with Crippen molar-refractivity contribution in [1.82, 2.24) is 0 Å². The molecule has 0 aliphatic heterocycles. The van der Waals surface area contributed by atoms with Gasteiger partial charge in [0, 0.05) is 15.0 Å². The monoisotopic (exact) mass is 222 g/mol. The van der Waals surface area contributed by atoms with Gasteiger partial charge in [0.2, 0.25) is 0 Å². The van der Waals surface area contributed by atoms with Gasteiger partial charge in [-0.1, -0.05) is 0 Å². The molecule has 0 bridgehead atoms. The Morgan fingerprint density at radius 2 is 2.20 bits per heavy atom. The van der Waals surface area contributed by atoms with Crippen LogP contribution >= 0.6 is 11.3 Å². The minimum atomic E-state index is -0.357. The molecule has 78 valence electrons. The third kappa shape index (κ3) is 1.57. The van der Waals surface area contributed by atoms with E-state index in [9.17, 15) is 9.90 Å². The second kappa shape index (κ2) is 3.55. The molecule has 2 rings (SSSR count). The highest BCUT2D eigenvalue weighted by atomic mass is 32.1. The van der Waals surface area contributed by atoms with Gasteiger partial charge in [0.1, 0.15) is 5.75 Å². The Hall–Kier alpha value is -1.55. The number of esters is 1. The number of thiophene rings is 1. The highest BCUT2D eigenvalue weighted by Gasteiger charge is 2.16. The predicted octanol–water partition coefficient (Wildman–Crippen LogP) is 2.70. The lowest BCUT2D eigenvalue weighted by Gasteiger charge is -1.99. The average molecular weight is 222 g/mol. The third-order valence-electron chi connectivity index (χ3n) is 2.24. The molecule has 2 aromatic rings. The predicted molar refractivity (Wildman–Crippen MR) is 59.6 cm³/mol. The number of methoxy groups -OCH3 is 1. The molecule has 15 heavy (non-hydrogen) atoms. The van der Waals surface area contributed by atoms with Crippen LogP contribution < -0.4 is 0 Å². The van der Waals surface area contributed by atoms with Crippen LogP contribution in [0.1, 0.15) is 15.2 Å². The standard InChI is InChI=1S/C11H10O3S/c1-6-10(11(13)14-2)8-5-7(12)3-4-9(8)15-6/h3-5,12H,1-2H3. The minimum Gasteiger partial charge on any atom is -0.508 e. The van der Waals surface area contributed by atoms with Gasteiger partial charge in [-0.25, -0.2) is 4.79 Å². The molecule has 3 nitrogen and oxygen atoms in total. The number of fused-ring (bicyclic) bond motifs is 1. The molecule has 0 aliphatic carbocycles. The normalized spacial score (nSPS) is 10.5. The second-order valence-electron chi connectivity index (χ2n) is 3.21. The van der Waals surface area contributed by atoms with Crippen LogP contribution in [0.25, 0.3) is 10.1 Å². The first-order valence-electron chi connectivity index (χ1n) is 4.44. The van der Waals surface area contributed by atoms with Gasteiger partial charge in [0.05, 0.1) is 12.7 Å². The smallest absolute Gasteiger partial charge is 0.339 e. The van der Waals surface area contributed by atoms with Crippen LogP contribution in [0, 0.1) is 6.92 Å². The number of aryl methyl sites for hydroxylation is 1. The zero-order valence-electron chi connectivity index (χ0n) is 8.40. The molecule has 0 saturated carbocycles. The van der Waals surface area contributed by atoms with Crippen molar-refractivity contribution < 1.29 is 14.6 Å². The fourth-order valence-electron chi connectivity index (χ4n) is 1.56. The van der Waals surface area contributed by atoms with Crippen LogP contribution in [-0.2, 0) is 4.74 Å². The van der Waals surface area contributed by atoms with Crippen molar-refractivity contribution >= 4 is 27.4 Å². The van der Waals surface area contributed by atoms with Crippen LogP contribution in [0.4, 0.5) is 0 Å². The largest absolute Gasteiger partial charge is 0.508 e. The van der Waals surface area contributed by atoms with E-state index < -0.39 is 0 Å². The molecular formula is C11H10O3S. The summed E-state index contributed by atoms with van der Waals surface area (Å²) >= 11 is 1.52. The summed E-state index contributed by atoms with van der Waals surface area (Å²) in [4.78, 5) is 12.4. The van der Waals surface area contributed by atoms with Gasteiger partial charge in [0.25, 0.3) is 0 Å². The van der Waals surface area contributed by atoms with Crippen molar-refractivity contribution in [3.63, 3.8) is 0 Å². The summed E-state index contributed by atoms with van der Waals surface area (Å²) in [7, 11) is 1.36. The number of benzene rings is 1. The van der Waals surface area contributed by atoms with E-state index in [0.717, 1.165) is 15.0 Å². The van der Waals surface area contributed by atoms with Gasteiger partial charge in [-0.2, -0.15) is 0 Å². The quantitative estimate of drug-likeness (QED) is 0.754. The van der Waals surface area contributed by atoms with Crippen molar-refractivity contribution in [2.75, 3.05) is 7.11 Å². The molecule has 1 heterocycles. The summed E-state index contributed by atoms with van der Waals surface area (Å²) in [6.45, 7) is 1.87. The van der Waals surface area contributed by atoms with E-state index >= 15 is 0 Å². The fourth-order valence-corrected chi connectivity index (χ4v) is 2.60. The first-order chi connectivity index (χ1) is 7.13. The molecule has 4 heteroatoms. The molecular weight excluding hydrogens is 212 g/mol. The van der Waals surface area contributed by atoms with Crippen LogP contribution in [0.15, 0.2) is 18.2 Å². The van der Waals surface area contributed by atoms with Gasteiger partial charge in [-0.15, -0.1) is 11.3 Å². The average Bonchev–Trinajstić information content (AvgIpc) is 2.52. The fraction of sp³-hybridized carbons (Fsp3) is 0.182. The number of aromatic hydroxyl groups is 1. The maximum atomic E-state index is 11.5. The van der Waals surface area contributed by atoms with Crippen LogP contribution in [0.5, 0.6) is 5.75 Å². The molecule has 0 saturated heterocycles. The summed E-state index contributed by atoms with van der Waals surface area (Å²) in [6.07, 6.45) is 0. The molecule has 0 radical (unpaired) electrons. The zero-order valence-corrected chi connectivity index (χ0v) is 9.22. The van der Waals surface area contributed by atoms with Gasteiger partial charge in [-0.05, 0) is 25.1 Å². The molecule has 1 aromatic carbocycles. The van der Waals surface area contributed by atoms with Gasteiger partial charge in [0.15, 0.2) is 0 Å². The Morgan fingerprint density at radius 1 is 1.47 bits per heavy atom. The molecule has 1 N–H and O–H groups in total. The van der Waals surface area contributed by atoms with E-state index in [1.807, 2.05) is 6.92 Å². The Labute approximate surface area is 90.9 Å². The van der Waals surface area contributed by atoms with E-state index in [4.69, 9.17) is 4.74 Å². The maximum absolute atomic E-state index is 11.5. The van der Waals surface area contributed by atoms with Gasteiger partial charge < -0.3 is 9.84 Å². The molecule has 0 spiro atoms. The summed E-state index contributed by atoms with van der Waals surface area (Å²) < 4.78 is 5.69. The summed E-state index contributed by atoms with van der Waals surface area (Å²) in [5.74, 6) is -0.199. The third-order valence-corrected chi connectivity index (χ3v) is 3.32. The zero-order chi connectivity index (χ0) is 11.0. The number of ether oxygens (including phenoxy) is 1. The first kappa shape index (κ1) is 9.98. The number of phenols is 1. The number of carbonyl (C=O) groups excluding carboxylic acids is 1. The lowest BCUT2D eigenvalue weighted by atomic mass is 10.1. The van der Waals surface area contributed by atoms with E-state index in [1.54, 1.807) is 18.2 Å². The summed E-state index contributed by atoms with van der Waals surface area (Å²) in [5, 5.41) is 10.1. The van der Waals surface area contributed by atoms with E-state index in [2.05, 4.69) is 0 Å². The van der Waals surface area contributed by atoms with Crippen LogP contribution in [0.3, 0.4) is 0 Å². The van der Waals surface area contributed by atoms with Crippen molar-refractivity contribution in [3.05, 3.63) is 28.6 Å². The second-order valence-corrected chi connectivity index (χ2v) is 4.46. The van der Waals surface area contributed by atoms with Crippen LogP contribution in [0.2, 0.25) is 0 Å². The van der Waals surface area contributed by atoms with E-state index in [0.29, 0.717) is 5.56 Å².